The zero-order chi connectivity index (χ0) is 11.3. The van der Waals surface area contributed by atoms with Crippen LogP contribution in [0.4, 0.5) is 4.39 Å². The molecule has 0 aliphatic rings. The topological polar surface area (TPSA) is 12.0 Å². The molecule has 0 aliphatic heterocycles. The lowest BCUT2D eigenvalue weighted by molar-refractivity contribution is 0.449. The van der Waals surface area contributed by atoms with Crippen molar-refractivity contribution in [2.24, 2.45) is 5.92 Å². The summed E-state index contributed by atoms with van der Waals surface area (Å²) in [5, 5.41) is 3.39. The molecular formula is C13H20FN. The summed E-state index contributed by atoms with van der Waals surface area (Å²) in [7, 11) is 0. The number of hydrogen-bond acceptors (Lipinski definition) is 1. The Kier molecular flexibility index (Phi) is 4.76. The van der Waals surface area contributed by atoms with Gasteiger partial charge < -0.3 is 5.32 Å². The molecule has 0 unspecified atom stereocenters. The van der Waals surface area contributed by atoms with Gasteiger partial charge in [-0.3, -0.25) is 0 Å². The molecule has 1 nitrogen and oxygen atoms in total. The van der Waals surface area contributed by atoms with Crippen molar-refractivity contribution in [1.82, 2.24) is 5.32 Å². The molecule has 0 amide bonds. The third kappa shape index (κ3) is 3.63. The smallest absolute Gasteiger partial charge is 0.127 e. The number of benzene rings is 1. The van der Waals surface area contributed by atoms with Gasteiger partial charge in [0.1, 0.15) is 5.82 Å². The maximum atomic E-state index is 13.5. The first-order valence-electron chi connectivity index (χ1n) is 5.63. The predicted octanol–water partition coefficient (Wildman–Crippen LogP) is 3.52. The first kappa shape index (κ1) is 12.2. The molecule has 0 heterocycles. The van der Waals surface area contributed by atoms with Crippen LogP contribution in [-0.4, -0.2) is 6.54 Å². The highest BCUT2D eigenvalue weighted by Gasteiger charge is 2.12. The Labute approximate surface area is 91.7 Å². The second-order valence-electron chi connectivity index (χ2n) is 4.28. The van der Waals surface area contributed by atoms with Gasteiger partial charge in [-0.1, -0.05) is 39.0 Å². The highest BCUT2D eigenvalue weighted by atomic mass is 19.1. The molecule has 0 radical (unpaired) electrons. The van der Waals surface area contributed by atoms with Gasteiger partial charge in [-0.2, -0.15) is 0 Å². The standard InChI is InChI=1S/C13H20FN/c1-4-13(15-9-10(2)3)11-7-5-6-8-12(11)14/h5-8,10,13,15H,4,9H2,1-3H3/t13-/m0/s1. The monoisotopic (exact) mass is 209 g/mol. The van der Waals surface area contributed by atoms with Crippen LogP contribution in [-0.2, 0) is 0 Å². The van der Waals surface area contributed by atoms with Crippen molar-refractivity contribution in [3.8, 4) is 0 Å². The maximum absolute atomic E-state index is 13.5. The Bertz CT molecular complexity index is 296. The van der Waals surface area contributed by atoms with E-state index in [9.17, 15) is 4.39 Å². The van der Waals surface area contributed by atoms with Gasteiger partial charge in [-0.05, 0) is 24.9 Å². The summed E-state index contributed by atoms with van der Waals surface area (Å²) in [6.07, 6.45) is 0.910. The molecule has 0 saturated heterocycles. The molecule has 1 aromatic rings. The van der Waals surface area contributed by atoms with Gasteiger partial charge in [-0.25, -0.2) is 4.39 Å². The SMILES string of the molecule is CC[C@H](NCC(C)C)c1ccccc1F. The number of halogens is 1. The molecule has 0 saturated carbocycles. The van der Waals surface area contributed by atoms with Gasteiger partial charge >= 0.3 is 0 Å². The zero-order valence-corrected chi connectivity index (χ0v) is 9.76. The molecule has 0 bridgehead atoms. The molecule has 0 fully saturated rings. The molecule has 15 heavy (non-hydrogen) atoms. The van der Waals surface area contributed by atoms with Gasteiger partial charge in [0, 0.05) is 11.6 Å². The lowest BCUT2D eigenvalue weighted by Crippen LogP contribution is -2.25. The van der Waals surface area contributed by atoms with E-state index < -0.39 is 0 Å². The second kappa shape index (κ2) is 5.86. The van der Waals surface area contributed by atoms with Gasteiger partial charge in [0.05, 0.1) is 0 Å². The summed E-state index contributed by atoms with van der Waals surface area (Å²) in [5.41, 5.74) is 0.778. The van der Waals surface area contributed by atoms with Gasteiger partial charge in [0.2, 0.25) is 0 Å². The lowest BCUT2D eigenvalue weighted by atomic mass is 10.0. The van der Waals surface area contributed by atoms with Crippen LogP contribution in [0, 0.1) is 11.7 Å². The third-order valence-electron chi connectivity index (χ3n) is 2.46. The first-order valence-corrected chi connectivity index (χ1v) is 5.63. The lowest BCUT2D eigenvalue weighted by Gasteiger charge is -2.19. The van der Waals surface area contributed by atoms with Crippen molar-refractivity contribution in [3.05, 3.63) is 35.6 Å². The molecule has 2 heteroatoms. The van der Waals surface area contributed by atoms with E-state index >= 15 is 0 Å². The van der Waals surface area contributed by atoms with E-state index in [0.717, 1.165) is 18.5 Å². The number of rotatable bonds is 5. The summed E-state index contributed by atoms with van der Waals surface area (Å²) in [5.74, 6) is 0.478. The van der Waals surface area contributed by atoms with Gasteiger partial charge in [-0.15, -0.1) is 0 Å². The Morgan fingerprint density at radius 1 is 1.27 bits per heavy atom. The molecule has 0 spiro atoms. The van der Waals surface area contributed by atoms with Crippen LogP contribution in [0.2, 0.25) is 0 Å². The quantitative estimate of drug-likeness (QED) is 0.782. The molecule has 1 rings (SSSR count). The van der Waals surface area contributed by atoms with E-state index in [1.165, 1.54) is 6.07 Å². The minimum atomic E-state index is -0.111. The number of nitrogens with one attached hydrogen (secondary N) is 1. The van der Waals surface area contributed by atoms with E-state index in [-0.39, 0.29) is 11.9 Å². The van der Waals surface area contributed by atoms with Gasteiger partial charge in [0.15, 0.2) is 0 Å². The summed E-state index contributed by atoms with van der Waals surface area (Å²) >= 11 is 0. The van der Waals surface area contributed by atoms with E-state index in [2.05, 4.69) is 26.1 Å². The molecule has 0 aliphatic carbocycles. The minimum absolute atomic E-state index is 0.111. The molecule has 84 valence electrons. The van der Waals surface area contributed by atoms with Crippen LogP contribution in [0.1, 0.15) is 38.8 Å². The van der Waals surface area contributed by atoms with E-state index in [1.54, 1.807) is 6.07 Å². The number of hydrogen-bond donors (Lipinski definition) is 1. The summed E-state index contributed by atoms with van der Waals surface area (Å²) < 4.78 is 13.5. The van der Waals surface area contributed by atoms with Crippen molar-refractivity contribution >= 4 is 0 Å². The third-order valence-corrected chi connectivity index (χ3v) is 2.46. The fourth-order valence-electron chi connectivity index (χ4n) is 1.61. The Hall–Kier alpha value is -0.890. The fraction of sp³-hybridized carbons (Fsp3) is 0.538. The Morgan fingerprint density at radius 2 is 1.93 bits per heavy atom. The Balaban J connectivity index is 2.70. The highest BCUT2D eigenvalue weighted by molar-refractivity contribution is 5.21. The largest absolute Gasteiger partial charge is 0.310 e. The summed E-state index contributed by atoms with van der Waals surface area (Å²) in [6.45, 7) is 7.30. The minimum Gasteiger partial charge on any atom is -0.310 e. The molecule has 1 aromatic carbocycles. The van der Waals surface area contributed by atoms with E-state index in [0.29, 0.717) is 5.92 Å². The van der Waals surface area contributed by atoms with Crippen molar-refractivity contribution in [2.75, 3.05) is 6.54 Å². The van der Waals surface area contributed by atoms with Crippen LogP contribution in [0.25, 0.3) is 0 Å². The van der Waals surface area contributed by atoms with Crippen LogP contribution < -0.4 is 5.32 Å². The molecule has 1 N–H and O–H groups in total. The highest BCUT2D eigenvalue weighted by Crippen LogP contribution is 2.19. The van der Waals surface area contributed by atoms with Crippen LogP contribution >= 0.6 is 0 Å². The molecule has 0 aromatic heterocycles. The summed E-state index contributed by atoms with van der Waals surface area (Å²) in [6, 6.07) is 7.13. The Morgan fingerprint density at radius 3 is 2.47 bits per heavy atom. The van der Waals surface area contributed by atoms with Crippen molar-refractivity contribution in [2.45, 2.75) is 33.2 Å². The van der Waals surface area contributed by atoms with Crippen LogP contribution in [0.3, 0.4) is 0 Å². The van der Waals surface area contributed by atoms with E-state index in [4.69, 9.17) is 0 Å². The fourth-order valence-corrected chi connectivity index (χ4v) is 1.61. The zero-order valence-electron chi connectivity index (χ0n) is 9.76. The average Bonchev–Trinajstić information content (AvgIpc) is 2.21. The van der Waals surface area contributed by atoms with Crippen LogP contribution in [0.15, 0.2) is 24.3 Å². The van der Waals surface area contributed by atoms with Crippen molar-refractivity contribution < 1.29 is 4.39 Å². The normalized spacial score (nSPS) is 13.1. The van der Waals surface area contributed by atoms with Gasteiger partial charge in [0.25, 0.3) is 0 Å². The molecule has 1 atom stereocenters. The first-order chi connectivity index (χ1) is 7.15. The van der Waals surface area contributed by atoms with Crippen LogP contribution in [0.5, 0.6) is 0 Å². The maximum Gasteiger partial charge on any atom is 0.127 e. The second-order valence-corrected chi connectivity index (χ2v) is 4.28. The average molecular weight is 209 g/mol. The summed E-state index contributed by atoms with van der Waals surface area (Å²) in [4.78, 5) is 0. The molecular weight excluding hydrogens is 189 g/mol. The van der Waals surface area contributed by atoms with Crippen molar-refractivity contribution in [1.29, 1.82) is 0 Å². The van der Waals surface area contributed by atoms with E-state index in [1.807, 2.05) is 12.1 Å². The van der Waals surface area contributed by atoms with Crippen molar-refractivity contribution in [3.63, 3.8) is 0 Å². The predicted molar refractivity (Wildman–Crippen MR) is 62.3 cm³/mol.